The molecule has 1 N–H and O–H groups in total. The van der Waals surface area contributed by atoms with Crippen LogP contribution in [0.4, 0.5) is 5.69 Å². The average molecular weight is 409 g/mol. The fourth-order valence-corrected chi connectivity index (χ4v) is 3.90. The monoisotopic (exact) mass is 408 g/mol. The van der Waals surface area contributed by atoms with Crippen LogP contribution in [0.3, 0.4) is 0 Å². The van der Waals surface area contributed by atoms with E-state index in [4.69, 9.17) is 4.74 Å². The Balaban J connectivity index is 1.58. The van der Waals surface area contributed by atoms with Crippen molar-refractivity contribution in [3.8, 4) is 5.75 Å². The maximum Gasteiger partial charge on any atom is 0.261 e. The molecule has 1 fully saturated rings. The summed E-state index contributed by atoms with van der Waals surface area (Å²) in [6, 6.07) is 14.5. The van der Waals surface area contributed by atoms with Gasteiger partial charge in [-0.1, -0.05) is 32.0 Å². The predicted octanol–water partition coefficient (Wildman–Crippen LogP) is 5.57. The number of hydrogen-bond donors (Lipinski definition) is 1. The van der Waals surface area contributed by atoms with Gasteiger partial charge in [-0.25, -0.2) is 0 Å². The van der Waals surface area contributed by atoms with Crippen molar-refractivity contribution >= 4 is 11.6 Å². The van der Waals surface area contributed by atoms with E-state index in [0.29, 0.717) is 6.42 Å². The van der Waals surface area contributed by atoms with Crippen molar-refractivity contribution in [1.29, 1.82) is 0 Å². The maximum absolute atomic E-state index is 12.8. The minimum Gasteiger partial charge on any atom is -0.481 e. The fraction of sp³-hybridized carbons (Fsp3) is 0.500. The first-order valence-electron chi connectivity index (χ1n) is 11.3. The second-order valence-corrected chi connectivity index (χ2v) is 8.75. The van der Waals surface area contributed by atoms with Gasteiger partial charge in [-0.15, -0.1) is 0 Å². The molecule has 3 rings (SSSR count). The molecule has 1 amide bonds. The summed E-state index contributed by atoms with van der Waals surface area (Å²) in [5.74, 6) is 1.50. The lowest BCUT2D eigenvalue weighted by Crippen LogP contribution is -2.39. The van der Waals surface area contributed by atoms with E-state index in [0.717, 1.165) is 30.3 Å². The molecule has 162 valence electrons. The number of ether oxygens (including phenoxy) is 1. The zero-order valence-electron chi connectivity index (χ0n) is 19.1. The first-order chi connectivity index (χ1) is 14.4. The summed E-state index contributed by atoms with van der Waals surface area (Å²) in [5, 5.41) is 3.12. The predicted molar refractivity (Wildman–Crippen MR) is 124 cm³/mol. The van der Waals surface area contributed by atoms with E-state index in [-0.39, 0.29) is 11.9 Å². The molecule has 0 unspecified atom stereocenters. The van der Waals surface area contributed by atoms with Gasteiger partial charge in [0, 0.05) is 18.8 Å². The number of nitrogens with zero attached hydrogens (tertiary/aromatic N) is 1. The van der Waals surface area contributed by atoms with Gasteiger partial charge in [-0.2, -0.15) is 0 Å². The zero-order valence-corrected chi connectivity index (χ0v) is 19.1. The third-order valence-electron chi connectivity index (χ3n) is 6.32. The summed E-state index contributed by atoms with van der Waals surface area (Å²) in [7, 11) is 0. The maximum atomic E-state index is 12.8. The van der Waals surface area contributed by atoms with Crippen molar-refractivity contribution in [3.05, 3.63) is 59.2 Å². The first-order valence-corrected chi connectivity index (χ1v) is 11.3. The molecular weight excluding hydrogens is 372 g/mol. The van der Waals surface area contributed by atoms with Gasteiger partial charge in [0.15, 0.2) is 6.10 Å². The van der Waals surface area contributed by atoms with E-state index in [9.17, 15) is 4.79 Å². The number of rotatable bonds is 7. The third kappa shape index (κ3) is 5.56. The minimum absolute atomic E-state index is 0.0645. The summed E-state index contributed by atoms with van der Waals surface area (Å²) in [6.45, 7) is 12.7. The number of piperidine rings is 1. The van der Waals surface area contributed by atoms with Crippen molar-refractivity contribution in [2.24, 2.45) is 5.92 Å². The molecule has 1 heterocycles. The Bertz CT molecular complexity index is 839. The van der Waals surface area contributed by atoms with Crippen LogP contribution in [0, 0.1) is 19.8 Å². The van der Waals surface area contributed by atoms with Gasteiger partial charge in [-0.3, -0.25) is 4.79 Å². The molecular formula is C26H36N2O2. The number of anilines is 1. The lowest BCUT2D eigenvalue weighted by Gasteiger charge is -2.32. The highest BCUT2D eigenvalue weighted by molar-refractivity contribution is 5.81. The van der Waals surface area contributed by atoms with Crippen LogP contribution < -0.4 is 15.0 Å². The Kier molecular flexibility index (Phi) is 7.41. The molecule has 0 aromatic heterocycles. The lowest BCUT2D eigenvalue weighted by atomic mass is 9.98. The number of amides is 1. The summed E-state index contributed by atoms with van der Waals surface area (Å²) in [4.78, 5) is 15.3. The van der Waals surface area contributed by atoms with Gasteiger partial charge >= 0.3 is 0 Å². The van der Waals surface area contributed by atoms with Gasteiger partial charge in [0.05, 0.1) is 6.04 Å². The molecule has 4 heteroatoms. The second-order valence-electron chi connectivity index (χ2n) is 8.75. The lowest BCUT2D eigenvalue weighted by molar-refractivity contribution is -0.128. The molecule has 4 nitrogen and oxygen atoms in total. The van der Waals surface area contributed by atoms with Crippen LogP contribution in [-0.4, -0.2) is 25.1 Å². The number of benzene rings is 2. The van der Waals surface area contributed by atoms with E-state index < -0.39 is 6.10 Å². The second kappa shape index (κ2) is 10.0. The van der Waals surface area contributed by atoms with Gasteiger partial charge in [0.2, 0.25) is 0 Å². The molecule has 1 saturated heterocycles. The molecule has 30 heavy (non-hydrogen) atoms. The van der Waals surface area contributed by atoms with Crippen LogP contribution in [0.15, 0.2) is 42.5 Å². The zero-order chi connectivity index (χ0) is 21.7. The molecule has 2 aromatic carbocycles. The summed E-state index contributed by atoms with van der Waals surface area (Å²) in [5.41, 5.74) is 4.77. The molecule has 2 aromatic rings. The van der Waals surface area contributed by atoms with Crippen LogP contribution >= 0.6 is 0 Å². The van der Waals surface area contributed by atoms with Crippen LogP contribution in [0.5, 0.6) is 5.75 Å². The van der Waals surface area contributed by atoms with Crippen molar-refractivity contribution in [3.63, 3.8) is 0 Å². The van der Waals surface area contributed by atoms with Crippen molar-refractivity contribution in [2.45, 2.75) is 66.0 Å². The molecule has 0 radical (unpaired) electrons. The Morgan fingerprint density at radius 3 is 2.37 bits per heavy atom. The largest absolute Gasteiger partial charge is 0.481 e. The number of carbonyl (C=O) groups is 1. The molecule has 0 bridgehead atoms. The topological polar surface area (TPSA) is 41.6 Å². The number of aryl methyl sites for hydroxylation is 2. The van der Waals surface area contributed by atoms with E-state index in [1.807, 2.05) is 32.0 Å². The average Bonchev–Trinajstić information content (AvgIpc) is 2.75. The van der Waals surface area contributed by atoms with Crippen LogP contribution in [0.2, 0.25) is 0 Å². The highest BCUT2D eigenvalue weighted by Crippen LogP contribution is 2.25. The third-order valence-corrected chi connectivity index (χ3v) is 6.32. The summed E-state index contributed by atoms with van der Waals surface area (Å²) < 4.78 is 5.99. The number of hydrogen-bond acceptors (Lipinski definition) is 3. The number of carbonyl (C=O) groups excluding carboxylic acids is 1. The molecule has 0 saturated carbocycles. The fourth-order valence-electron chi connectivity index (χ4n) is 3.90. The van der Waals surface area contributed by atoms with Crippen LogP contribution in [-0.2, 0) is 4.79 Å². The van der Waals surface area contributed by atoms with Gasteiger partial charge < -0.3 is 15.0 Å². The summed E-state index contributed by atoms with van der Waals surface area (Å²) in [6.07, 6.45) is 2.64. The Morgan fingerprint density at radius 2 is 1.77 bits per heavy atom. The van der Waals surface area contributed by atoms with Crippen molar-refractivity contribution in [1.82, 2.24) is 5.32 Å². The Hall–Kier alpha value is -2.49. The minimum atomic E-state index is -0.496. The highest BCUT2D eigenvalue weighted by atomic mass is 16.5. The molecule has 2 atom stereocenters. The van der Waals surface area contributed by atoms with E-state index in [2.05, 4.69) is 55.3 Å². The molecule has 0 aliphatic carbocycles. The van der Waals surface area contributed by atoms with Crippen LogP contribution in [0.25, 0.3) is 0 Å². The molecule has 1 aliphatic rings. The Labute approximate surface area is 181 Å². The van der Waals surface area contributed by atoms with Gasteiger partial charge in [-0.05, 0) is 86.9 Å². The number of nitrogens with one attached hydrogen (secondary N) is 1. The van der Waals surface area contributed by atoms with Gasteiger partial charge in [0.25, 0.3) is 5.91 Å². The van der Waals surface area contributed by atoms with E-state index in [1.54, 1.807) is 0 Å². The molecule has 0 spiro atoms. The SMILES string of the molecule is CC[C@@H](Oc1ccc(C)c(C)c1)C(=O)N[C@H](C)c1ccc(N2CCC(C)CC2)cc1. The Morgan fingerprint density at radius 1 is 1.10 bits per heavy atom. The van der Waals surface area contributed by atoms with E-state index in [1.165, 1.54) is 29.7 Å². The summed E-state index contributed by atoms with van der Waals surface area (Å²) >= 11 is 0. The standard InChI is InChI=1S/C26H36N2O2/c1-6-25(30-24-12-7-19(3)20(4)17-24)26(29)27-21(5)22-8-10-23(11-9-22)28-15-13-18(2)14-16-28/h7-12,17-18,21,25H,6,13-16H2,1-5H3,(H,27,29)/t21-,25-/m1/s1. The van der Waals surface area contributed by atoms with E-state index >= 15 is 0 Å². The normalized spacial score (nSPS) is 16.8. The highest BCUT2D eigenvalue weighted by Gasteiger charge is 2.21. The smallest absolute Gasteiger partial charge is 0.261 e. The van der Waals surface area contributed by atoms with Crippen molar-refractivity contribution in [2.75, 3.05) is 18.0 Å². The van der Waals surface area contributed by atoms with Crippen LogP contribution in [0.1, 0.15) is 62.8 Å². The quantitative estimate of drug-likeness (QED) is 0.651. The molecule has 1 aliphatic heterocycles. The first kappa shape index (κ1) is 22.2. The van der Waals surface area contributed by atoms with Crippen molar-refractivity contribution < 1.29 is 9.53 Å². The van der Waals surface area contributed by atoms with Gasteiger partial charge in [0.1, 0.15) is 5.75 Å².